The number of carbonyl (C=O) groups excluding carboxylic acids is 2. The van der Waals surface area contributed by atoms with E-state index in [0.717, 1.165) is 6.07 Å². The Balaban J connectivity index is 1.19. The van der Waals surface area contributed by atoms with Crippen LogP contribution < -0.4 is 16.4 Å². The van der Waals surface area contributed by atoms with E-state index in [2.05, 4.69) is 31.1 Å². The van der Waals surface area contributed by atoms with Gasteiger partial charge in [-0.2, -0.15) is 32.2 Å². The number of phenols is 1. The number of hydrogen-bond acceptors (Lipinski definition) is 12. The number of aromatic hydroxyl groups is 1. The zero-order chi connectivity index (χ0) is 38.6. The summed E-state index contributed by atoms with van der Waals surface area (Å²) < 4.78 is 66.3. The van der Waals surface area contributed by atoms with E-state index in [0.29, 0.717) is 28.3 Å². The first-order valence-corrected chi connectivity index (χ1v) is 18.4. The van der Waals surface area contributed by atoms with Gasteiger partial charge in [0.05, 0.1) is 22.0 Å². The van der Waals surface area contributed by atoms with Crippen molar-refractivity contribution in [1.82, 2.24) is 0 Å². The molecule has 0 aliphatic carbocycles. The van der Waals surface area contributed by atoms with Crippen LogP contribution >= 0.6 is 0 Å². The van der Waals surface area contributed by atoms with Crippen LogP contribution in [0.2, 0.25) is 0 Å². The molecule has 16 nitrogen and oxygen atoms in total. The molecule has 0 aliphatic heterocycles. The molecule has 0 spiro atoms. The van der Waals surface area contributed by atoms with Gasteiger partial charge in [0.2, 0.25) is 0 Å². The number of azo groups is 2. The topological polar surface area (TPSA) is 263 Å². The molecule has 18 heteroatoms. The Morgan fingerprint density at radius 1 is 0.574 bits per heavy atom. The van der Waals surface area contributed by atoms with E-state index in [-0.39, 0.29) is 32.6 Å². The Hall–Kier alpha value is -6.86. The Bertz CT molecular complexity index is 2700. The summed E-state index contributed by atoms with van der Waals surface area (Å²) in [4.78, 5) is 24.7. The molecule has 7 N–H and O–H groups in total. The van der Waals surface area contributed by atoms with Crippen molar-refractivity contribution in [3.05, 3.63) is 132 Å². The number of benzene rings is 6. The third-order valence-corrected chi connectivity index (χ3v) is 9.41. The van der Waals surface area contributed by atoms with Gasteiger partial charge >= 0.3 is 0 Å². The van der Waals surface area contributed by atoms with Crippen LogP contribution in [0.3, 0.4) is 0 Å². The summed E-state index contributed by atoms with van der Waals surface area (Å²) in [6.07, 6.45) is 0. The van der Waals surface area contributed by atoms with Crippen molar-refractivity contribution in [2.45, 2.75) is 9.79 Å². The Morgan fingerprint density at radius 3 is 1.69 bits per heavy atom. The molecule has 0 fully saturated rings. The van der Waals surface area contributed by atoms with Gasteiger partial charge in [0.15, 0.2) is 5.75 Å². The summed E-state index contributed by atoms with van der Waals surface area (Å²) in [7, 11) is -9.28. The van der Waals surface area contributed by atoms with Crippen LogP contribution in [-0.2, 0) is 20.2 Å². The molecule has 0 unspecified atom stereocenters. The van der Waals surface area contributed by atoms with Gasteiger partial charge < -0.3 is 21.5 Å². The lowest BCUT2D eigenvalue weighted by Gasteiger charge is -2.12. The van der Waals surface area contributed by atoms with Crippen molar-refractivity contribution in [1.29, 1.82) is 0 Å². The summed E-state index contributed by atoms with van der Waals surface area (Å²) in [5, 5.41) is 32.7. The number of nitrogen functional groups attached to an aromatic ring is 1. The van der Waals surface area contributed by atoms with Gasteiger partial charge in [0, 0.05) is 33.6 Å². The highest BCUT2D eigenvalue weighted by Crippen LogP contribution is 2.42. The first-order valence-electron chi connectivity index (χ1n) is 15.5. The number of carbonyl (C=O) groups is 2. The van der Waals surface area contributed by atoms with Crippen molar-refractivity contribution < 1.29 is 40.6 Å². The zero-order valence-corrected chi connectivity index (χ0v) is 29.2. The number of rotatable bonds is 10. The number of anilines is 3. The molecule has 0 saturated heterocycles. The second-order valence-electron chi connectivity index (χ2n) is 11.5. The van der Waals surface area contributed by atoms with E-state index in [1.807, 2.05) is 0 Å². The van der Waals surface area contributed by atoms with Gasteiger partial charge in [-0.05, 0) is 121 Å². The van der Waals surface area contributed by atoms with Gasteiger partial charge in [0.1, 0.15) is 10.6 Å². The van der Waals surface area contributed by atoms with E-state index < -0.39 is 48.4 Å². The quantitative estimate of drug-likeness (QED) is 0.0445. The minimum absolute atomic E-state index is 0.141. The molecule has 0 atom stereocenters. The maximum absolute atomic E-state index is 13.1. The average Bonchev–Trinajstić information content (AvgIpc) is 3.13. The molecule has 0 radical (unpaired) electrons. The number of nitrogens with two attached hydrogens (primary N) is 1. The van der Waals surface area contributed by atoms with Gasteiger partial charge in [-0.3, -0.25) is 18.7 Å². The second-order valence-corrected chi connectivity index (χ2v) is 14.3. The Morgan fingerprint density at radius 2 is 1.11 bits per heavy atom. The average molecular weight is 766 g/mol. The summed E-state index contributed by atoms with van der Waals surface area (Å²) in [5.74, 6) is -1.55. The highest BCUT2D eigenvalue weighted by atomic mass is 32.2. The maximum Gasteiger partial charge on any atom is 0.296 e. The highest BCUT2D eigenvalue weighted by Gasteiger charge is 2.22. The monoisotopic (exact) mass is 765 g/mol. The van der Waals surface area contributed by atoms with Crippen LogP contribution in [-0.4, -0.2) is 42.9 Å². The number of amides is 2. The van der Waals surface area contributed by atoms with Crippen molar-refractivity contribution in [3.63, 3.8) is 0 Å². The maximum atomic E-state index is 13.1. The predicted octanol–water partition coefficient (Wildman–Crippen LogP) is 7.96. The standard InChI is InChI=1S/C36H27N7O9S2/c37-24-6-4-21(5-7-24)35(45)38-28-3-1-2-22(18-28)36(46)39-29-14-17-31-23(19-29)20-32(54(50,51)52)33(34(31)44)43-42-26-10-8-25(9-11-26)40-41-27-12-15-30(16-13-27)53(47,48)49/h1-20,44H,37H2,(H,38,45)(H,39,46)(H,47,48,49)(H,50,51,52). The van der Waals surface area contributed by atoms with Gasteiger partial charge in [-0.1, -0.05) is 6.07 Å². The van der Waals surface area contributed by atoms with Crippen LogP contribution in [0.15, 0.2) is 152 Å². The van der Waals surface area contributed by atoms with Crippen molar-refractivity contribution >= 4 is 82.6 Å². The predicted molar refractivity (Wildman–Crippen MR) is 200 cm³/mol. The largest absolute Gasteiger partial charge is 0.505 e. The van der Waals surface area contributed by atoms with Crippen LogP contribution in [0, 0.1) is 0 Å². The fourth-order valence-corrected chi connectivity index (χ4v) is 6.13. The smallest absolute Gasteiger partial charge is 0.296 e. The van der Waals surface area contributed by atoms with E-state index in [9.17, 15) is 36.1 Å². The molecule has 2 amide bonds. The minimum atomic E-state index is -4.94. The molecule has 6 rings (SSSR count). The lowest BCUT2D eigenvalue weighted by Crippen LogP contribution is -2.14. The zero-order valence-electron chi connectivity index (χ0n) is 27.5. The lowest BCUT2D eigenvalue weighted by atomic mass is 10.1. The molecule has 6 aromatic rings. The Kier molecular flexibility index (Phi) is 10.3. The number of nitrogens with one attached hydrogen (secondary N) is 2. The van der Waals surface area contributed by atoms with Crippen LogP contribution in [0.25, 0.3) is 10.8 Å². The normalized spacial score (nSPS) is 12.0. The second kappa shape index (κ2) is 15.0. The van der Waals surface area contributed by atoms with E-state index in [1.54, 1.807) is 36.4 Å². The number of fused-ring (bicyclic) bond motifs is 1. The fourth-order valence-electron chi connectivity index (χ4n) is 5.00. The molecule has 0 aliphatic rings. The van der Waals surface area contributed by atoms with Crippen molar-refractivity contribution in [2.75, 3.05) is 16.4 Å². The summed E-state index contributed by atoms with van der Waals surface area (Å²) in [5.41, 5.74) is 7.72. The Labute approximate surface area is 307 Å². The molecule has 0 saturated carbocycles. The van der Waals surface area contributed by atoms with E-state index in [4.69, 9.17) is 10.3 Å². The summed E-state index contributed by atoms with van der Waals surface area (Å²) in [6, 6.07) is 28.9. The first-order chi connectivity index (χ1) is 25.6. The third-order valence-electron chi connectivity index (χ3n) is 7.67. The molecule has 54 heavy (non-hydrogen) atoms. The molecular weight excluding hydrogens is 739 g/mol. The van der Waals surface area contributed by atoms with Crippen LogP contribution in [0.1, 0.15) is 20.7 Å². The third kappa shape index (κ3) is 8.77. The van der Waals surface area contributed by atoms with Crippen LogP contribution in [0.5, 0.6) is 5.75 Å². The minimum Gasteiger partial charge on any atom is -0.505 e. The molecule has 6 aromatic carbocycles. The number of nitrogens with zero attached hydrogens (tertiary/aromatic N) is 4. The highest BCUT2D eigenvalue weighted by molar-refractivity contribution is 7.86. The van der Waals surface area contributed by atoms with E-state index >= 15 is 0 Å². The summed E-state index contributed by atoms with van der Waals surface area (Å²) in [6.45, 7) is 0. The fraction of sp³-hybridized carbons (Fsp3) is 0. The van der Waals surface area contributed by atoms with Crippen molar-refractivity contribution in [2.24, 2.45) is 20.5 Å². The number of hydrogen-bond donors (Lipinski definition) is 6. The molecular formula is C36H27N7O9S2. The summed E-state index contributed by atoms with van der Waals surface area (Å²) >= 11 is 0. The van der Waals surface area contributed by atoms with Gasteiger partial charge in [0.25, 0.3) is 32.1 Å². The lowest BCUT2D eigenvalue weighted by molar-refractivity contribution is 0.101. The number of phenolic OH excluding ortho intramolecular Hbond substituents is 1. The SMILES string of the molecule is Nc1ccc(C(=O)Nc2cccc(C(=O)Nc3ccc4c(O)c(N=Nc5ccc(N=Nc6ccc(S(=O)(=O)O)cc6)cc5)c(S(=O)(=O)O)cc4c3)c2)cc1. The van der Waals surface area contributed by atoms with E-state index in [1.165, 1.54) is 78.9 Å². The van der Waals surface area contributed by atoms with Gasteiger partial charge in [-0.25, -0.2) is 0 Å². The van der Waals surface area contributed by atoms with Crippen LogP contribution in [0.4, 0.5) is 39.8 Å². The van der Waals surface area contributed by atoms with Crippen molar-refractivity contribution in [3.8, 4) is 5.75 Å². The molecule has 0 aromatic heterocycles. The molecule has 0 heterocycles. The van der Waals surface area contributed by atoms with Gasteiger partial charge in [-0.15, -0.1) is 5.11 Å². The molecule has 272 valence electrons. The first kappa shape index (κ1) is 36.9. The molecule has 0 bridgehead atoms.